The van der Waals surface area contributed by atoms with Crippen molar-refractivity contribution in [2.24, 2.45) is 0 Å². The molecule has 0 aromatic rings. The van der Waals surface area contributed by atoms with Crippen LogP contribution in [0.5, 0.6) is 0 Å². The van der Waals surface area contributed by atoms with E-state index in [2.05, 4.69) is 81.5 Å². The number of hydrogen-bond donors (Lipinski definition) is 0. The number of carbonyl (C=O) groups excluding carboxylic acids is 3. The first-order valence-electron chi connectivity index (χ1n) is 30.8. The molecule has 0 fully saturated rings. The molecule has 412 valence electrons. The van der Waals surface area contributed by atoms with Crippen LogP contribution in [0.3, 0.4) is 0 Å². The predicted molar refractivity (Wildman–Crippen MR) is 307 cm³/mol. The van der Waals surface area contributed by atoms with Crippen molar-refractivity contribution in [3.05, 3.63) is 60.8 Å². The zero-order chi connectivity index (χ0) is 51.4. The molecule has 0 saturated carbocycles. The molecule has 0 heterocycles. The number of rotatable bonds is 56. The molecule has 0 spiro atoms. The first-order chi connectivity index (χ1) is 35.0. The van der Waals surface area contributed by atoms with Gasteiger partial charge in [0.15, 0.2) is 6.10 Å². The van der Waals surface area contributed by atoms with Crippen LogP contribution in [0.2, 0.25) is 0 Å². The van der Waals surface area contributed by atoms with Gasteiger partial charge >= 0.3 is 17.9 Å². The molecule has 0 aliphatic rings. The van der Waals surface area contributed by atoms with Crippen LogP contribution in [-0.2, 0) is 28.6 Å². The van der Waals surface area contributed by atoms with Crippen molar-refractivity contribution in [3.8, 4) is 0 Å². The second-order valence-electron chi connectivity index (χ2n) is 20.6. The van der Waals surface area contributed by atoms with E-state index in [9.17, 15) is 14.4 Å². The Morgan fingerprint density at radius 1 is 0.296 bits per heavy atom. The Bertz CT molecular complexity index is 1280. The summed E-state index contributed by atoms with van der Waals surface area (Å²) in [5.74, 6) is -0.893. The molecule has 0 bridgehead atoms. The van der Waals surface area contributed by atoms with Crippen LogP contribution in [0.25, 0.3) is 0 Å². The highest BCUT2D eigenvalue weighted by Crippen LogP contribution is 2.17. The second-order valence-corrected chi connectivity index (χ2v) is 20.6. The molecule has 0 rings (SSSR count). The summed E-state index contributed by atoms with van der Waals surface area (Å²) in [5.41, 5.74) is 0. The molecule has 0 unspecified atom stereocenters. The number of ether oxygens (including phenoxy) is 3. The lowest BCUT2D eigenvalue weighted by molar-refractivity contribution is -0.167. The maximum Gasteiger partial charge on any atom is 0.306 e. The zero-order valence-corrected chi connectivity index (χ0v) is 47.2. The molecule has 71 heavy (non-hydrogen) atoms. The molecular weight excluding hydrogens is 877 g/mol. The zero-order valence-electron chi connectivity index (χ0n) is 47.2. The van der Waals surface area contributed by atoms with E-state index in [0.717, 1.165) is 96.3 Å². The topological polar surface area (TPSA) is 78.9 Å². The summed E-state index contributed by atoms with van der Waals surface area (Å²) in [6.07, 6.45) is 75.0. The van der Waals surface area contributed by atoms with Gasteiger partial charge in [0.25, 0.3) is 0 Å². The lowest BCUT2D eigenvalue weighted by Gasteiger charge is -2.18. The van der Waals surface area contributed by atoms with Crippen LogP contribution in [0.1, 0.15) is 316 Å². The van der Waals surface area contributed by atoms with Gasteiger partial charge in [0.1, 0.15) is 13.2 Å². The first kappa shape index (κ1) is 68.1. The molecule has 0 aliphatic carbocycles. The normalized spacial score (nSPS) is 12.4. The van der Waals surface area contributed by atoms with Crippen LogP contribution in [0, 0.1) is 0 Å². The van der Waals surface area contributed by atoms with Gasteiger partial charge in [0.2, 0.25) is 0 Å². The molecule has 6 nitrogen and oxygen atoms in total. The highest BCUT2D eigenvalue weighted by atomic mass is 16.6. The smallest absolute Gasteiger partial charge is 0.306 e. The fourth-order valence-corrected chi connectivity index (χ4v) is 8.90. The van der Waals surface area contributed by atoms with Gasteiger partial charge in [-0.25, -0.2) is 0 Å². The minimum absolute atomic E-state index is 0.0808. The summed E-state index contributed by atoms with van der Waals surface area (Å²) in [6, 6.07) is 0. The van der Waals surface area contributed by atoms with E-state index in [1.54, 1.807) is 0 Å². The lowest BCUT2D eigenvalue weighted by atomic mass is 10.0. The van der Waals surface area contributed by atoms with Crippen molar-refractivity contribution in [1.82, 2.24) is 0 Å². The number of carbonyl (C=O) groups is 3. The van der Waals surface area contributed by atoms with Gasteiger partial charge in [-0.2, -0.15) is 0 Å². The Hall–Kier alpha value is -2.89. The van der Waals surface area contributed by atoms with Crippen molar-refractivity contribution >= 4 is 17.9 Å². The Balaban J connectivity index is 4.38. The number of hydrogen-bond acceptors (Lipinski definition) is 6. The summed E-state index contributed by atoms with van der Waals surface area (Å²) in [4.78, 5) is 38.3. The molecule has 0 aliphatic heterocycles. The summed E-state index contributed by atoms with van der Waals surface area (Å²) in [5, 5.41) is 0. The second kappa shape index (κ2) is 59.7. The fraction of sp³-hybridized carbons (Fsp3) is 0.800. The van der Waals surface area contributed by atoms with Gasteiger partial charge in [0, 0.05) is 19.3 Å². The average molecular weight is 994 g/mol. The molecule has 0 aromatic heterocycles. The van der Waals surface area contributed by atoms with E-state index >= 15 is 0 Å². The molecule has 0 saturated heterocycles. The number of esters is 3. The van der Waals surface area contributed by atoms with Gasteiger partial charge < -0.3 is 14.2 Å². The van der Waals surface area contributed by atoms with E-state index in [1.165, 1.54) is 180 Å². The largest absolute Gasteiger partial charge is 0.462 e. The average Bonchev–Trinajstić information content (AvgIpc) is 3.37. The third-order valence-corrected chi connectivity index (χ3v) is 13.5. The highest BCUT2D eigenvalue weighted by molar-refractivity contribution is 5.71. The van der Waals surface area contributed by atoms with Gasteiger partial charge in [-0.15, -0.1) is 0 Å². The Morgan fingerprint density at radius 3 is 0.873 bits per heavy atom. The standard InChI is InChI=1S/C65H116O6/c1-4-7-10-13-16-19-22-25-28-31-32-35-37-40-43-46-49-52-55-58-64(67)70-61-62(71-65(68)59-56-53-50-47-44-41-38-34-30-27-24-21-18-15-12-9-6-3)60-69-63(66)57-54-51-48-45-42-39-36-33-29-26-23-20-17-14-11-8-5-2/h8,11,17,20,26-27,29-30,36,39,62H,4-7,9-10,12-16,18-19,21-25,28,31-35,37-38,40-61H2,1-3H3/b11-8-,20-17-,29-26-,30-27-,39-36-/t62-/m1/s1. The van der Waals surface area contributed by atoms with E-state index in [-0.39, 0.29) is 31.1 Å². The monoisotopic (exact) mass is 993 g/mol. The van der Waals surface area contributed by atoms with Crippen molar-refractivity contribution in [2.75, 3.05) is 13.2 Å². The molecule has 0 amide bonds. The minimum atomic E-state index is -0.786. The van der Waals surface area contributed by atoms with Gasteiger partial charge in [-0.3, -0.25) is 14.4 Å². The summed E-state index contributed by atoms with van der Waals surface area (Å²) in [6.45, 7) is 6.54. The number of unbranched alkanes of at least 4 members (excludes halogenated alkanes) is 35. The summed E-state index contributed by atoms with van der Waals surface area (Å²) in [7, 11) is 0. The van der Waals surface area contributed by atoms with E-state index in [1.807, 2.05) is 0 Å². The van der Waals surface area contributed by atoms with Crippen molar-refractivity contribution in [1.29, 1.82) is 0 Å². The van der Waals surface area contributed by atoms with Crippen molar-refractivity contribution < 1.29 is 28.6 Å². The highest BCUT2D eigenvalue weighted by Gasteiger charge is 2.19. The molecule has 0 radical (unpaired) electrons. The minimum Gasteiger partial charge on any atom is -0.462 e. The van der Waals surface area contributed by atoms with Crippen LogP contribution >= 0.6 is 0 Å². The first-order valence-corrected chi connectivity index (χ1v) is 30.8. The molecule has 0 aromatic carbocycles. The van der Waals surface area contributed by atoms with Crippen LogP contribution in [0.4, 0.5) is 0 Å². The van der Waals surface area contributed by atoms with Crippen molar-refractivity contribution in [2.45, 2.75) is 322 Å². The molecular formula is C65H116O6. The van der Waals surface area contributed by atoms with Crippen molar-refractivity contribution in [3.63, 3.8) is 0 Å². The van der Waals surface area contributed by atoms with E-state index in [4.69, 9.17) is 14.2 Å². The van der Waals surface area contributed by atoms with Gasteiger partial charge in [-0.05, 0) is 83.5 Å². The van der Waals surface area contributed by atoms with Crippen LogP contribution in [-0.4, -0.2) is 37.2 Å². The molecule has 1 atom stereocenters. The Labute approximate surface area is 440 Å². The third-order valence-electron chi connectivity index (χ3n) is 13.5. The maximum atomic E-state index is 12.9. The lowest BCUT2D eigenvalue weighted by Crippen LogP contribution is -2.30. The fourth-order valence-electron chi connectivity index (χ4n) is 8.90. The SMILES string of the molecule is CC/C=C\C/C=C\C/C=C\C/C=C\CCCCCCC(=O)OC[C@H](COC(=O)CCCCCCCCCCCCCCCCCCCCC)OC(=O)CCCCCCCCC/C=C\CCCCCCCC. The summed E-state index contributed by atoms with van der Waals surface area (Å²) < 4.78 is 16.9. The van der Waals surface area contributed by atoms with E-state index in [0.29, 0.717) is 19.3 Å². The Morgan fingerprint density at radius 2 is 0.549 bits per heavy atom. The predicted octanol–water partition coefficient (Wildman–Crippen LogP) is 20.8. The Kier molecular flexibility index (Phi) is 57.2. The third kappa shape index (κ3) is 57.9. The maximum absolute atomic E-state index is 12.9. The molecule has 0 N–H and O–H groups in total. The summed E-state index contributed by atoms with van der Waals surface area (Å²) >= 11 is 0. The number of allylic oxidation sites excluding steroid dienone is 10. The van der Waals surface area contributed by atoms with Crippen LogP contribution in [0.15, 0.2) is 60.8 Å². The molecule has 6 heteroatoms. The van der Waals surface area contributed by atoms with Gasteiger partial charge in [0.05, 0.1) is 0 Å². The van der Waals surface area contributed by atoms with Crippen LogP contribution < -0.4 is 0 Å². The van der Waals surface area contributed by atoms with Gasteiger partial charge in [-0.1, -0.05) is 274 Å². The van der Waals surface area contributed by atoms with E-state index < -0.39 is 6.10 Å². The quantitative estimate of drug-likeness (QED) is 0.0261.